The zero-order valence-electron chi connectivity index (χ0n) is 26.6. The Hall–Kier alpha value is -5.18. The average Bonchev–Trinajstić information content (AvgIpc) is 3.87. The molecule has 3 unspecified atom stereocenters. The number of cyclic esters (lactones) is 1. The molecule has 13 nitrogen and oxygen atoms in total. The first-order chi connectivity index (χ1) is 22.9. The predicted molar refractivity (Wildman–Crippen MR) is 178 cm³/mol. The van der Waals surface area contributed by atoms with Crippen molar-refractivity contribution in [3.63, 3.8) is 0 Å². The number of rotatable bonds is 8. The summed E-state index contributed by atoms with van der Waals surface area (Å²) < 4.78 is 8.78. The number of carboxylic acids is 1. The van der Waals surface area contributed by atoms with Gasteiger partial charge < -0.3 is 24.6 Å². The summed E-state index contributed by atoms with van der Waals surface area (Å²) in [7, 11) is 2.90. The molecule has 0 bridgehead atoms. The number of fused-ring (bicyclic) bond motifs is 1. The summed E-state index contributed by atoms with van der Waals surface area (Å²) in [6.07, 6.45) is 1.76. The highest BCUT2D eigenvalue weighted by Gasteiger charge is 2.24. The fourth-order valence-corrected chi connectivity index (χ4v) is 5.82. The second-order valence-electron chi connectivity index (χ2n) is 11.0. The van der Waals surface area contributed by atoms with Crippen LogP contribution in [0.2, 0.25) is 0 Å². The minimum absolute atomic E-state index is 0.00120. The highest BCUT2D eigenvalue weighted by atomic mass is 32.1. The van der Waals surface area contributed by atoms with E-state index in [9.17, 15) is 29.1 Å². The molecular formula is C34H36N4O9S. The molecule has 4 heterocycles. The van der Waals surface area contributed by atoms with Gasteiger partial charge in [0.05, 0.1) is 36.4 Å². The third-order valence-electron chi connectivity index (χ3n) is 7.57. The maximum Gasteiger partial charge on any atom is 0.332 e. The van der Waals surface area contributed by atoms with Gasteiger partial charge in [0.1, 0.15) is 6.10 Å². The number of hydrogen-bond donors (Lipinski definition) is 3. The molecular weight excluding hydrogens is 640 g/mol. The fraction of sp³-hybridized carbons (Fsp3) is 0.294. The monoisotopic (exact) mass is 676 g/mol. The fourth-order valence-electron chi connectivity index (χ4n) is 4.81. The quantitative estimate of drug-likeness (QED) is 0.163. The number of carboxylic acid groups (broad SMARTS) is 1. The lowest BCUT2D eigenvalue weighted by molar-refractivity contribution is -0.141. The van der Waals surface area contributed by atoms with E-state index < -0.39 is 35.8 Å². The van der Waals surface area contributed by atoms with Crippen LogP contribution in [0.1, 0.15) is 57.5 Å². The number of carbonyl (C=O) groups excluding carboxylic acids is 2. The third-order valence-corrected chi connectivity index (χ3v) is 8.84. The van der Waals surface area contributed by atoms with Crippen molar-refractivity contribution in [2.75, 3.05) is 6.61 Å². The van der Waals surface area contributed by atoms with Crippen LogP contribution in [0.25, 0.3) is 11.2 Å². The van der Waals surface area contributed by atoms with Crippen molar-refractivity contribution in [1.29, 1.82) is 0 Å². The summed E-state index contributed by atoms with van der Waals surface area (Å²) in [5, 5.41) is 27.1. The molecule has 1 fully saturated rings. The van der Waals surface area contributed by atoms with E-state index in [1.165, 1.54) is 40.9 Å². The number of aliphatic hydroxyl groups excluding tert-OH is 2. The number of imidazole rings is 1. The van der Waals surface area contributed by atoms with Gasteiger partial charge in [-0.25, -0.2) is 9.78 Å². The van der Waals surface area contributed by atoms with Gasteiger partial charge in [-0.05, 0) is 31.0 Å². The lowest BCUT2D eigenvalue weighted by Crippen LogP contribution is -2.38. The predicted octanol–water partition coefficient (Wildman–Crippen LogP) is 3.02. The van der Waals surface area contributed by atoms with E-state index in [4.69, 9.17) is 14.9 Å². The van der Waals surface area contributed by atoms with Crippen LogP contribution in [-0.2, 0) is 35.0 Å². The van der Waals surface area contributed by atoms with Crippen LogP contribution in [0, 0.1) is 0 Å². The SMILES string of the molecule is CC(C(=O)O)c1ccc(C(=O)c2ccccc2)s1.Cn1c(=O)c2c(ncn2CC(O)CO)n(C)c1=O.O=C1CCC(c2ccccc2)O1. The molecule has 1 aliphatic rings. The van der Waals surface area contributed by atoms with Gasteiger partial charge in [0, 0.05) is 31.0 Å². The van der Waals surface area contributed by atoms with E-state index in [0.29, 0.717) is 21.7 Å². The average molecular weight is 677 g/mol. The summed E-state index contributed by atoms with van der Waals surface area (Å²) in [5.74, 6) is -1.60. The molecule has 48 heavy (non-hydrogen) atoms. The maximum absolute atomic E-state index is 12.1. The Labute approximate surface area is 278 Å². The molecule has 3 N–H and O–H groups in total. The number of aryl methyl sites for hydroxylation is 1. The number of aliphatic carboxylic acids is 1. The molecule has 14 heteroatoms. The Morgan fingerprint density at radius 2 is 1.62 bits per heavy atom. The zero-order chi connectivity index (χ0) is 35.0. The van der Waals surface area contributed by atoms with Gasteiger partial charge in [0.25, 0.3) is 5.56 Å². The highest BCUT2D eigenvalue weighted by Crippen LogP contribution is 2.29. The lowest BCUT2D eigenvalue weighted by atomic mass is 10.1. The van der Waals surface area contributed by atoms with Crippen molar-refractivity contribution in [3.05, 3.63) is 121 Å². The molecule has 0 radical (unpaired) electrons. The molecule has 5 aromatic rings. The first kappa shape index (κ1) is 35.7. The molecule has 1 saturated heterocycles. The topological polar surface area (TPSA) is 183 Å². The normalized spacial score (nSPS) is 15.0. The first-order valence-corrected chi connectivity index (χ1v) is 15.8. The standard InChI is InChI=1S/C14H12O3S.C10H14N4O4.C10H10O2/c1-9(14(16)17)11-7-8-12(18-11)13(15)10-5-3-2-4-6-10;1-12-8-7(9(17)13(2)10(12)18)14(5-11-8)3-6(16)4-15;11-10-7-6-9(12-10)8-4-2-1-3-5-8/h2-9H,1H3,(H,16,17);5-6,15-16H,3-4H2,1-2H3;1-5,9H,6-7H2. The minimum Gasteiger partial charge on any atom is -0.481 e. The molecule has 0 aliphatic carbocycles. The number of ketones is 1. The summed E-state index contributed by atoms with van der Waals surface area (Å²) in [4.78, 5) is 62.7. The van der Waals surface area contributed by atoms with Crippen LogP contribution < -0.4 is 11.2 Å². The Morgan fingerprint density at radius 1 is 0.979 bits per heavy atom. The number of ether oxygens (including phenoxy) is 1. The van der Waals surface area contributed by atoms with Gasteiger partial charge in [-0.15, -0.1) is 11.3 Å². The van der Waals surface area contributed by atoms with Gasteiger partial charge >= 0.3 is 17.6 Å². The Balaban J connectivity index is 0.000000166. The number of thiophene rings is 1. The molecule has 2 aromatic carbocycles. The molecule has 3 aromatic heterocycles. The van der Waals surface area contributed by atoms with Crippen LogP contribution in [0.5, 0.6) is 0 Å². The van der Waals surface area contributed by atoms with Crippen molar-refractivity contribution >= 4 is 40.2 Å². The van der Waals surface area contributed by atoms with Gasteiger partial charge in [-0.2, -0.15) is 0 Å². The van der Waals surface area contributed by atoms with Crippen LogP contribution in [0.4, 0.5) is 0 Å². The number of hydrogen-bond acceptors (Lipinski definition) is 10. The molecule has 0 saturated carbocycles. The molecule has 252 valence electrons. The number of esters is 1. The lowest BCUT2D eigenvalue weighted by Gasteiger charge is -2.09. The van der Waals surface area contributed by atoms with Crippen molar-refractivity contribution in [2.45, 2.75) is 44.4 Å². The smallest absolute Gasteiger partial charge is 0.332 e. The van der Waals surface area contributed by atoms with Gasteiger partial charge in [-0.1, -0.05) is 60.7 Å². The van der Waals surface area contributed by atoms with Crippen LogP contribution >= 0.6 is 11.3 Å². The van der Waals surface area contributed by atoms with Crippen LogP contribution in [-0.4, -0.2) is 64.4 Å². The number of nitrogens with zero attached hydrogens (tertiary/aromatic N) is 4. The van der Waals surface area contributed by atoms with Crippen molar-refractivity contribution in [3.8, 4) is 0 Å². The van der Waals surface area contributed by atoms with Gasteiger partial charge in [0.15, 0.2) is 11.2 Å². The Kier molecular flexibility index (Phi) is 12.0. The van der Waals surface area contributed by atoms with Gasteiger partial charge in [-0.3, -0.25) is 28.3 Å². The number of aromatic nitrogens is 4. The molecule has 0 amide bonds. The largest absolute Gasteiger partial charge is 0.481 e. The molecule has 3 atom stereocenters. The van der Waals surface area contributed by atoms with Crippen LogP contribution in [0.3, 0.4) is 0 Å². The highest BCUT2D eigenvalue weighted by molar-refractivity contribution is 7.14. The number of aliphatic hydroxyl groups is 2. The summed E-state index contributed by atoms with van der Waals surface area (Å²) >= 11 is 1.24. The van der Waals surface area contributed by atoms with Gasteiger partial charge in [0.2, 0.25) is 5.78 Å². The Bertz CT molecular complexity index is 2000. The molecule has 0 spiro atoms. The van der Waals surface area contributed by atoms with E-state index >= 15 is 0 Å². The number of carbonyl (C=O) groups is 3. The van der Waals surface area contributed by atoms with Crippen molar-refractivity contribution < 1.29 is 34.4 Å². The molecule has 1 aliphatic heterocycles. The number of benzene rings is 2. The zero-order valence-corrected chi connectivity index (χ0v) is 27.4. The van der Waals surface area contributed by atoms with Crippen LogP contribution in [0.15, 0.2) is 88.7 Å². The second kappa shape index (κ2) is 16.1. The van der Waals surface area contributed by atoms with E-state index in [0.717, 1.165) is 16.6 Å². The Morgan fingerprint density at radius 3 is 2.21 bits per heavy atom. The van der Waals surface area contributed by atoms with E-state index in [1.54, 1.807) is 31.2 Å². The summed E-state index contributed by atoms with van der Waals surface area (Å²) in [6, 6.07) is 22.2. The van der Waals surface area contributed by atoms with E-state index in [2.05, 4.69) is 4.98 Å². The van der Waals surface area contributed by atoms with Crippen molar-refractivity contribution in [2.24, 2.45) is 14.1 Å². The minimum atomic E-state index is -0.982. The summed E-state index contributed by atoms with van der Waals surface area (Å²) in [5.41, 5.74) is 1.27. The second-order valence-corrected chi connectivity index (χ2v) is 12.1. The third kappa shape index (κ3) is 8.39. The van der Waals surface area contributed by atoms with E-state index in [1.807, 2.05) is 48.5 Å². The van der Waals surface area contributed by atoms with E-state index in [-0.39, 0.29) is 35.6 Å². The summed E-state index contributed by atoms with van der Waals surface area (Å²) in [6.45, 7) is 1.25. The maximum atomic E-state index is 12.1. The molecule has 6 rings (SSSR count). The van der Waals surface area contributed by atoms with Crippen molar-refractivity contribution in [1.82, 2.24) is 18.7 Å². The first-order valence-electron chi connectivity index (χ1n) is 15.0.